The van der Waals surface area contributed by atoms with Crippen molar-refractivity contribution in [1.29, 1.82) is 0 Å². The molecule has 29 heavy (non-hydrogen) atoms. The molecule has 0 spiro atoms. The number of nitrogens with zero attached hydrogens (tertiary/aromatic N) is 1. The fourth-order valence-electron chi connectivity index (χ4n) is 3.39. The first-order valence-corrected chi connectivity index (χ1v) is 11.1. The van der Waals surface area contributed by atoms with Gasteiger partial charge in [0.25, 0.3) is 0 Å². The van der Waals surface area contributed by atoms with Gasteiger partial charge in [-0.1, -0.05) is 0 Å². The topological polar surface area (TPSA) is 60.3 Å². The van der Waals surface area contributed by atoms with Gasteiger partial charge in [0.1, 0.15) is 0 Å². The Morgan fingerprint density at radius 2 is 1.86 bits per heavy atom. The molecule has 0 aliphatic heterocycles. The first-order valence-electron chi connectivity index (χ1n) is 9.51. The predicted molar refractivity (Wildman–Crippen MR) is 117 cm³/mol. The molecule has 0 saturated heterocycles. The average Bonchev–Trinajstić information content (AvgIpc) is 3.08. The Morgan fingerprint density at radius 3 is 2.66 bits per heavy atom. The van der Waals surface area contributed by atoms with Crippen molar-refractivity contribution in [3.05, 3.63) is 76.6 Å². The summed E-state index contributed by atoms with van der Waals surface area (Å²) in [5.41, 5.74) is 1.03. The molecule has 0 aliphatic rings. The Kier molecular flexibility index (Phi) is 5.56. The number of rotatable bonds is 6. The summed E-state index contributed by atoms with van der Waals surface area (Å²) in [6.45, 7) is 2.89. The summed E-state index contributed by atoms with van der Waals surface area (Å²) in [4.78, 5) is 25.0. The number of carbonyl (C=O) groups is 1. The van der Waals surface area contributed by atoms with Gasteiger partial charge in [0.05, 0.1) is 7.11 Å². The molecule has 5 nitrogen and oxygen atoms in total. The number of nitrogens with one attached hydrogen (secondary N) is 1. The van der Waals surface area contributed by atoms with Gasteiger partial charge in [-0.15, -0.1) is 0 Å². The first kappa shape index (κ1) is 19.5. The Hall–Kier alpha value is -2.82. The van der Waals surface area contributed by atoms with E-state index < -0.39 is 0 Å². The molecular weight excluding hydrogens is 431 g/mol. The summed E-state index contributed by atoms with van der Waals surface area (Å²) in [5.74, 6) is 0.518. The summed E-state index contributed by atoms with van der Waals surface area (Å²) < 4.78 is 8.21. The van der Waals surface area contributed by atoms with E-state index >= 15 is 0 Å². The molecule has 1 unspecified atom stereocenters. The van der Waals surface area contributed by atoms with Crippen LogP contribution in [-0.4, -0.2) is 37.9 Å². The van der Waals surface area contributed by atoms with Crippen LogP contribution in [0.1, 0.15) is 18.4 Å². The van der Waals surface area contributed by atoms with Crippen molar-refractivity contribution >= 4 is 41.1 Å². The van der Waals surface area contributed by atoms with Gasteiger partial charge in [-0.2, -0.15) is 0 Å². The maximum absolute atomic E-state index is 12.6. The number of fused-ring (bicyclic) bond motifs is 2. The first-order chi connectivity index (χ1) is 14.1. The number of hydrogen-bond acceptors (Lipinski definition) is 3. The standard InChI is InChI=1S/C23H22N2O3Se/c1-15(16-7-8-18-14-19(28-2)10-9-17(18)13-16)22(26)24-11-12-25-23(27)20-5-3-4-6-21(20)29-25/h3-10,13-15H,11-12H2,1-2H3,(H,24,26). The van der Waals surface area contributed by atoms with Crippen molar-refractivity contribution in [2.75, 3.05) is 13.7 Å². The van der Waals surface area contributed by atoms with Gasteiger partial charge < -0.3 is 4.74 Å². The van der Waals surface area contributed by atoms with Crippen LogP contribution in [-0.2, 0) is 11.3 Å². The van der Waals surface area contributed by atoms with Crippen LogP contribution in [0.15, 0.2) is 65.5 Å². The van der Waals surface area contributed by atoms with E-state index in [9.17, 15) is 9.59 Å². The molecule has 1 aromatic heterocycles. The molecule has 3 aromatic carbocycles. The Balaban J connectivity index is 1.42. The summed E-state index contributed by atoms with van der Waals surface area (Å²) in [5, 5.41) is 5.92. The van der Waals surface area contributed by atoms with Crippen molar-refractivity contribution in [3.63, 3.8) is 0 Å². The van der Waals surface area contributed by atoms with Crippen molar-refractivity contribution in [2.24, 2.45) is 0 Å². The molecular formula is C23H22N2O3Se. The van der Waals surface area contributed by atoms with Crippen LogP contribution >= 0.6 is 0 Å². The van der Waals surface area contributed by atoms with Crippen LogP contribution in [0.25, 0.3) is 20.4 Å². The van der Waals surface area contributed by atoms with E-state index in [4.69, 9.17) is 4.74 Å². The fraction of sp³-hybridized carbons (Fsp3) is 0.217. The molecule has 0 bridgehead atoms. The van der Waals surface area contributed by atoms with Crippen LogP contribution in [0.4, 0.5) is 0 Å². The van der Waals surface area contributed by atoms with Crippen LogP contribution in [0.2, 0.25) is 0 Å². The van der Waals surface area contributed by atoms with Gasteiger partial charge in [0, 0.05) is 0 Å². The Labute approximate surface area is 174 Å². The zero-order chi connectivity index (χ0) is 20.4. The molecule has 0 fully saturated rings. The number of methoxy groups -OCH3 is 1. The second-order valence-electron chi connectivity index (χ2n) is 6.98. The number of carbonyl (C=O) groups excluding carboxylic acids is 1. The minimum absolute atomic E-state index is 0.0105. The summed E-state index contributed by atoms with van der Waals surface area (Å²) in [7, 11) is 1.65. The third kappa shape index (κ3) is 4.00. The zero-order valence-corrected chi connectivity index (χ0v) is 18.1. The van der Waals surface area contributed by atoms with E-state index in [1.807, 2.05) is 71.1 Å². The van der Waals surface area contributed by atoms with Crippen LogP contribution in [0.3, 0.4) is 0 Å². The second kappa shape index (κ2) is 8.27. The molecule has 6 heteroatoms. The molecule has 1 amide bonds. The van der Waals surface area contributed by atoms with Gasteiger partial charge in [-0.3, -0.25) is 0 Å². The minimum atomic E-state index is -0.265. The van der Waals surface area contributed by atoms with Crippen molar-refractivity contribution in [3.8, 4) is 5.75 Å². The SMILES string of the molecule is COc1ccc2cc(C(C)C(=O)NCCn3[se]c4ccccc4c3=O)ccc2c1. The second-order valence-corrected chi connectivity index (χ2v) is 9.21. The van der Waals surface area contributed by atoms with E-state index in [2.05, 4.69) is 5.32 Å². The molecule has 4 rings (SSSR count). The molecule has 0 radical (unpaired) electrons. The third-order valence-corrected chi connectivity index (χ3v) is 7.48. The number of ether oxygens (including phenoxy) is 1. The molecule has 0 aliphatic carbocycles. The van der Waals surface area contributed by atoms with Gasteiger partial charge in [0.15, 0.2) is 0 Å². The van der Waals surface area contributed by atoms with Crippen molar-refractivity contribution in [2.45, 2.75) is 19.4 Å². The molecule has 0 saturated carbocycles. The van der Waals surface area contributed by atoms with Crippen molar-refractivity contribution in [1.82, 2.24) is 8.88 Å². The van der Waals surface area contributed by atoms with E-state index in [1.54, 1.807) is 7.11 Å². The van der Waals surface area contributed by atoms with Gasteiger partial charge >= 0.3 is 163 Å². The number of hydrogen-bond donors (Lipinski definition) is 1. The summed E-state index contributed by atoms with van der Waals surface area (Å²) in [6, 6.07) is 19.7. The fourth-order valence-corrected chi connectivity index (χ4v) is 5.47. The van der Waals surface area contributed by atoms with E-state index in [0.29, 0.717) is 13.1 Å². The van der Waals surface area contributed by atoms with E-state index in [-0.39, 0.29) is 32.1 Å². The monoisotopic (exact) mass is 454 g/mol. The molecule has 1 heterocycles. The predicted octanol–water partition coefficient (Wildman–Crippen LogP) is 3.14. The number of amides is 1. The Morgan fingerprint density at radius 1 is 1.10 bits per heavy atom. The average molecular weight is 453 g/mol. The van der Waals surface area contributed by atoms with Crippen LogP contribution in [0, 0.1) is 0 Å². The molecule has 148 valence electrons. The van der Waals surface area contributed by atoms with E-state index in [0.717, 1.165) is 31.7 Å². The maximum atomic E-state index is 12.6. The van der Waals surface area contributed by atoms with E-state index in [1.165, 1.54) is 0 Å². The van der Waals surface area contributed by atoms with Gasteiger partial charge in [-0.05, 0) is 0 Å². The number of aromatic nitrogens is 1. The molecule has 4 aromatic rings. The van der Waals surface area contributed by atoms with Gasteiger partial charge in [-0.25, -0.2) is 0 Å². The molecule has 1 atom stereocenters. The third-order valence-electron chi connectivity index (χ3n) is 5.13. The number of benzene rings is 3. The molecule has 1 N–H and O–H groups in total. The zero-order valence-electron chi connectivity index (χ0n) is 16.3. The quantitative estimate of drug-likeness (QED) is 0.457. The summed E-state index contributed by atoms with van der Waals surface area (Å²) in [6.07, 6.45) is 0. The van der Waals surface area contributed by atoms with Crippen LogP contribution < -0.4 is 15.6 Å². The Bertz CT molecular complexity index is 1240. The van der Waals surface area contributed by atoms with Gasteiger partial charge in [0.2, 0.25) is 0 Å². The normalized spacial score (nSPS) is 12.2. The van der Waals surface area contributed by atoms with Crippen LogP contribution in [0.5, 0.6) is 5.75 Å². The summed E-state index contributed by atoms with van der Waals surface area (Å²) >= 11 is -0.0105. The van der Waals surface area contributed by atoms with Crippen molar-refractivity contribution < 1.29 is 9.53 Å².